The first-order chi connectivity index (χ1) is 10.6. The fourth-order valence-electron chi connectivity index (χ4n) is 4.45. The lowest BCUT2D eigenvalue weighted by atomic mass is 9.97. The van der Waals surface area contributed by atoms with Gasteiger partial charge in [0.25, 0.3) is 0 Å². The third-order valence-corrected chi connectivity index (χ3v) is 5.55. The molecule has 1 amide bonds. The summed E-state index contributed by atoms with van der Waals surface area (Å²) in [4.78, 5) is 13.8. The van der Waals surface area contributed by atoms with Gasteiger partial charge in [0.15, 0.2) is 0 Å². The third-order valence-electron chi connectivity index (χ3n) is 5.55. The zero-order valence-electron chi connectivity index (χ0n) is 13.3. The number of benzene rings is 1. The topological polar surface area (TPSA) is 51.3 Å². The average Bonchev–Trinajstić information content (AvgIpc) is 2.88. The van der Waals surface area contributed by atoms with Gasteiger partial charge >= 0.3 is 0 Å². The summed E-state index contributed by atoms with van der Waals surface area (Å²) in [5.74, 6) is -0.224. The summed E-state index contributed by atoms with van der Waals surface area (Å²) in [6.07, 6.45) is 4.03. The van der Waals surface area contributed by atoms with E-state index in [1.54, 1.807) is 0 Å². The fraction of sp³-hybridized carbons (Fsp3) is 0.500. The molecule has 2 bridgehead atoms. The van der Waals surface area contributed by atoms with Gasteiger partial charge in [0.05, 0.1) is 0 Å². The lowest BCUT2D eigenvalue weighted by Crippen LogP contribution is -2.34. The molecular weight excluding hydrogens is 274 g/mol. The molecule has 0 aliphatic carbocycles. The van der Waals surface area contributed by atoms with Crippen molar-refractivity contribution in [2.75, 3.05) is 7.05 Å². The number of carbonyl (C=O) groups is 1. The SMILES string of the molecule is Cc1ccc2c(c1)c1c(n2CCC(N)=O)CC2CCC1N2C. The molecule has 2 unspecified atom stereocenters. The first kappa shape index (κ1) is 13.8. The van der Waals surface area contributed by atoms with E-state index in [4.69, 9.17) is 5.73 Å². The van der Waals surface area contributed by atoms with Gasteiger partial charge < -0.3 is 10.3 Å². The molecule has 2 aliphatic heterocycles. The van der Waals surface area contributed by atoms with Crippen molar-refractivity contribution < 1.29 is 4.79 Å². The molecule has 1 aromatic heterocycles. The largest absolute Gasteiger partial charge is 0.370 e. The van der Waals surface area contributed by atoms with Gasteiger partial charge in [-0.1, -0.05) is 11.6 Å². The van der Waals surface area contributed by atoms with E-state index in [1.165, 1.54) is 40.6 Å². The Morgan fingerprint density at radius 2 is 2.18 bits per heavy atom. The molecule has 2 atom stereocenters. The number of hydrogen-bond donors (Lipinski definition) is 1. The van der Waals surface area contributed by atoms with Gasteiger partial charge in [0.2, 0.25) is 5.91 Å². The van der Waals surface area contributed by atoms with E-state index in [-0.39, 0.29) is 5.91 Å². The number of nitrogens with zero attached hydrogens (tertiary/aromatic N) is 2. The number of primary amides is 1. The van der Waals surface area contributed by atoms with Gasteiger partial charge in [-0.2, -0.15) is 0 Å². The predicted molar refractivity (Wildman–Crippen MR) is 87.7 cm³/mol. The molecule has 4 nitrogen and oxygen atoms in total. The fourth-order valence-corrected chi connectivity index (χ4v) is 4.45. The summed E-state index contributed by atoms with van der Waals surface area (Å²) in [7, 11) is 2.26. The molecule has 2 N–H and O–H groups in total. The van der Waals surface area contributed by atoms with Gasteiger partial charge in [0.1, 0.15) is 0 Å². The molecule has 2 aliphatic rings. The third kappa shape index (κ3) is 1.90. The van der Waals surface area contributed by atoms with Crippen molar-refractivity contribution in [2.45, 2.75) is 51.2 Å². The van der Waals surface area contributed by atoms with Crippen LogP contribution in [0.25, 0.3) is 10.9 Å². The van der Waals surface area contributed by atoms with Crippen molar-refractivity contribution in [3.63, 3.8) is 0 Å². The molecule has 0 spiro atoms. The molecule has 22 heavy (non-hydrogen) atoms. The molecule has 3 heterocycles. The van der Waals surface area contributed by atoms with Crippen molar-refractivity contribution in [3.8, 4) is 0 Å². The lowest BCUT2D eigenvalue weighted by molar-refractivity contribution is -0.118. The monoisotopic (exact) mass is 297 g/mol. The van der Waals surface area contributed by atoms with Crippen LogP contribution in [-0.4, -0.2) is 28.5 Å². The highest BCUT2D eigenvalue weighted by Gasteiger charge is 2.40. The Morgan fingerprint density at radius 3 is 2.95 bits per heavy atom. The number of amides is 1. The Hall–Kier alpha value is -1.81. The van der Waals surface area contributed by atoms with E-state index in [2.05, 4.69) is 41.6 Å². The maximum Gasteiger partial charge on any atom is 0.219 e. The summed E-state index contributed by atoms with van der Waals surface area (Å²) in [5, 5.41) is 1.37. The molecule has 2 aromatic rings. The lowest BCUT2D eigenvalue weighted by Gasteiger charge is -2.32. The molecule has 0 saturated carbocycles. The number of aromatic nitrogens is 1. The first-order valence-corrected chi connectivity index (χ1v) is 8.18. The standard InChI is InChI=1S/C18H23N3O/c1-11-3-5-14-13(9-11)18-15-6-4-12(20(15)2)10-16(18)21(14)8-7-17(19)22/h3,5,9,12,15H,4,6-8,10H2,1-2H3,(H2,19,22). The molecule has 1 aromatic carbocycles. The van der Waals surface area contributed by atoms with Crippen molar-refractivity contribution in [2.24, 2.45) is 5.73 Å². The van der Waals surface area contributed by atoms with Gasteiger partial charge in [-0.15, -0.1) is 0 Å². The summed E-state index contributed by atoms with van der Waals surface area (Å²) in [5.41, 5.74) is 10.9. The van der Waals surface area contributed by atoms with Crippen molar-refractivity contribution in [3.05, 3.63) is 35.0 Å². The predicted octanol–water partition coefficient (Wildman–Crippen LogP) is 2.52. The van der Waals surface area contributed by atoms with Crippen LogP contribution in [-0.2, 0) is 17.8 Å². The van der Waals surface area contributed by atoms with E-state index in [0.29, 0.717) is 25.0 Å². The van der Waals surface area contributed by atoms with Crippen molar-refractivity contribution >= 4 is 16.8 Å². The molecule has 1 saturated heterocycles. The molecule has 4 rings (SSSR count). The number of carbonyl (C=O) groups excluding carboxylic acids is 1. The molecule has 0 radical (unpaired) electrons. The minimum Gasteiger partial charge on any atom is -0.370 e. The Balaban J connectivity index is 1.92. The summed E-state index contributed by atoms with van der Waals surface area (Å²) in [6, 6.07) is 7.86. The quantitative estimate of drug-likeness (QED) is 0.946. The highest BCUT2D eigenvalue weighted by Crippen LogP contribution is 2.46. The number of rotatable bonds is 3. The normalized spacial score (nSPS) is 23.9. The highest BCUT2D eigenvalue weighted by atomic mass is 16.1. The van der Waals surface area contributed by atoms with Crippen molar-refractivity contribution in [1.29, 1.82) is 0 Å². The summed E-state index contributed by atoms with van der Waals surface area (Å²) in [6.45, 7) is 2.85. The minimum absolute atomic E-state index is 0.224. The zero-order valence-corrected chi connectivity index (χ0v) is 13.3. The van der Waals surface area contributed by atoms with Crippen LogP contribution >= 0.6 is 0 Å². The van der Waals surface area contributed by atoms with Crippen molar-refractivity contribution in [1.82, 2.24) is 9.47 Å². The molecule has 116 valence electrons. The van der Waals surface area contributed by atoms with Crippen LogP contribution in [0.3, 0.4) is 0 Å². The highest BCUT2D eigenvalue weighted by molar-refractivity contribution is 5.87. The Bertz CT molecular complexity index is 761. The van der Waals surface area contributed by atoms with E-state index in [1.807, 2.05) is 0 Å². The second-order valence-corrected chi connectivity index (χ2v) is 6.87. The summed E-state index contributed by atoms with van der Waals surface area (Å²) < 4.78 is 2.35. The van der Waals surface area contributed by atoms with Gasteiger partial charge in [-0.3, -0.25) is 9.69 Å². The van der Waals surface area contributed by atoms with Crippen LogP contribution in [0.2, 0.25) is 0 Å². The van der Waals surface area contributed by atoms with Crippen LogP contribution in [0, 0.1) is 6.92 Å². The minimum atomic E-state index is -0.224. The van der Waals surface area contributed by atoms with Gasteiger partial charge in [-0.05, 0) is 44.5 Å². The van der Waals surface area contributed by atoms with Gasteiger partial charge in [0, 0.05) is 48.1 Å². The molecule has 4 heteroatoms. The second kappa shape index (κ2) is 4.85. The molecule has 1 fully saturated rings. The first-order valence-electron chi connectivity index (χ1n) is 8.18. The van der Waals surface area contributed by atoms with Crippen LogP contribution in [0.1, 0.15) is 42.1 Å². The number of fused-ring (bicyclic) bond motifs is 6. The molecular formula is C18H23N3O. The maximum absolute atomic E-state index is 11.2. The van der Waals surface area contributed by atoms with E-state index in [0.717, 1.165) is 6.42 Å². The Morgan fingerprint density at radius 1 is 1.36 bits per heavy atom. The summed E-state index contributed by atoms with van der Waals surface area (Å²) >= 11 is 0. The van der Waals surface area contributed by atoms with E-state index in [9.17, 15) is 4.79 Å². The van der Waals surface area contributed by atoms with Crippen LogP contribution in [0.4, 0.5) is 0 Å². The van der Waals surface area contributed by atoms with Gasteiger partial charge in [-0.25, -0.2) is 0 Å². The van der Waals surface area contributed by atoms with E-state index < -0.39 is 0 Å². The van der Waals surface area contributed by atoms with Crippen LogP contribution in [0.5, 0.6) is 0 Å². The van der Waals surface area contributed by atoms with Crippen LogP contribution in [0.15, 0.2) is 18.2 Å². The number of hydrogen-bond acceptors (Lipinski definition) is 2. The zero-order chi connectivity index (χ0) is 15.4. The second-order valence-electron chi connectivity index (χ2n) is 6.87. The smallest absolute Gasteiger partial charge is 0.219 e. The van der Waals surface area contributed by atoms with E-state index >= 15 is 0 Å². The average molecular weight is 297 g/mol. The Kier molecular flexibility index (Phi) is 3.05. The number of nitrogens with two attached hydrogens (primary N) is 1. The maximum atomic E-state index is 11.2. The number of likely N-dealkylation sites (N-methyl/N-ethyl adjacent to an activating group) is 1. The Labute approximate surface area is 130 Å². The number of aryl methyl sites for hydroxylation is 2. The van der Waals surface area contributed by atoms with Crippen LogP contribution < -0.4 is 5.73 Å².